The monoisotopic (exact) mass is 455 g/mol. The van der Waals surface area contributed by atoms with E-state index in [1.807, 2.05) is 61.2 Å². The number of thioether (sulfide) groups is 1. The molecule has 0 spiro atoms. The molecule has 31 heavy (non-hydrogen) atoms. The van der Waals surface area contributed by atoms with Crippen molar-refractivity contribution in [3.8, 4) is 0 Å². The summed E-state index contributed by atoms with van der Waals surface area (Å²) in [6.07, 6.45) is 0. The fourth-order valence-corrected chi connectivity index (χ4v) is 5.21. The Morgan fingerprint density at radius 1 is 1.10 bits per heavy atom. The minimum Gasteiger partial charge on any atom is -0.361 e. The third kappa shape index (κ3) is 5.32. The SMILES string of the molecule is Cc1noc(C)c1CSc1ccccc1C(=O)N1CCN(Cc2cccc(Cl)c2)CC1. The predicted molar refractivity (Wildman–Crippen MR) is 125 cm³/mol. The third-order valence-electron chi connectivity index (χ3n) is 5.63. The van der Waals surface area contributed by atoms with Crippen LogP contribution in [0.3, 0.4) is 0 Å². The second kappa shape index (κ2) is 9.90. The highest BCUT2D eigenvalue weighted by molar-refractivity contribution is 7.98. The number of aryl methyl sites for hydroxylation is 2. The van der Waals surface area contributed by atoms with Crippen molar-refractivity contribution in [1.82, 2.24) is 15.0 Å². The molecule has 1 fully saturated rings. The molecule has 2 heterocycles. The fourth-order valence-electron chi connectivity index (χ4n) is 3.80. The quantitative estimate of drug-likeness (QED) is 0.478. The van der Waals surface area contributed by atoms with Gasteiger partial charge in [-0.2, -0.15) is 0 Å². The summed E-state index contributed by atoms with van der Waals surface area (Å²) in [7, 11) is 0. The Balaban J connectivity index is 1.38. The van der Waals surface area contributed by atoms with Gasteiger partial charge in [0.05, 0.1) is 11.3 Å². The lowest BCUT2D eigenvalue weighted by Crippen LogP contribution is -2.48. The maximum atomic E-state index is 13.3. The first kappa shape index (κ1) is 21.9. The zero-order valence-electron chi connectivity index (χ0n) is 17.8. The summed E-state index contributed by atoms with van der Waals surface area (Å²) in [6.45, 7) is 7.89. The van der Waals surface area contributed by atoms with Gasteiger partial charge < -0.3 is 9.42 Å². The topological polar surface area (TPSA) is 49.6 Å². The Kier molecular flexibility index (Phi) is 7.00. The zero-order valence-corrected chi connectivity index (χ0v) is 19.4. The molecule has 162 valence electrons. The van der Waals surface area contributed by atoms with E-state index in [0.29, 0.717) is 0 Å². The van der Waals surface area contributed by atoms with Crippen LogP contribution in [0.25, 0.3) is 0 Å². The molecule has 0 unspecified atom stereocenters. The van der Waals surface area contributed by atoms with Crippen molar-refractivity contribution < 1.29 is 9.32 Å². The van der Waals surface area contributed by atoms with Crippen LogP contribution < -0.4 is 0 Å². The number of amides is 1. The molecule has 1 aromatic heterocycles. The number of hydrogen-bond acceptors (Lipinski definition) is 5. The number of nitrogens with zero attached hydrogens (tertiary/aromatic N) is 3. The molecule has 0 N–H and O–H groups in total. The van der Waals surface area contributed by atoms with Crippen molar-refractivity contribution in [2.45, 2.75) is 31.0 Å². The van der Waals surface area contributed by atoms with E-state index in [1.54, 1.807) is 11.8 Å². The van der Waals surface area contributed by atoms with Crippen LogP contribution in [-0.2, 0) is 12.3 Å². The van der Waals surface area contributed by atoms with Gasteiger partial charge in [0, 0.05) is 54.0 Å². The van der Waals surface area contributed by atoms with E-state index < -0.39 is 0 Å². The summed E-state index contributed by atoms with van der Waals surface area (Å²) >= 11 is 7.76. The van der Waals surface area contributed by atoms with Crippen LogP contribution in [0.4, 0.5) is 0 Å². The molecule has 1 amide bonds. The molecule has 0 saturated carbocycles. The highest BCUT2D eigenvalue weighted by Gasteiger charge is 2.24. The molecule has 0 aliphatic carbocycles. The average Bonchev–Trinajstić information content (AvgIpc) is 3.10. The summed E-state index contributed by atoms with van der Waals surface area (Å²) in [5, 5.41) is 4.79. The number of aromatic nitrogens is 1. The zero-order chi connectivity index (χ0) is 21.8. The minimum atomic E-state index is 0.101. The number of carbonyl (C=O) groups excluding carboxylic acids is 1. The Labute approximate surface area is 192 Å². The van der Waals surface area contributed by atoms with Crippen LogP contribution in [0, 0.1) is 13.8 Å². The molecule has 0 bridgehead atoms. The van der Waals surface area contributed by atoms with Crippen molar-refractivity contribution in [2.75, 3.05) is 26.2 Å². The molecule has 2 aromatic carbocycles. The van der Waals surface area contributed by atoms with Gasteiger partial charge in [-0.15, -0.1) is 11.8 Å². The maximum Gasteiger partial charge on any atom is 0.255 e. The van der Waals surface area contributed by atoms with Crippen molar-refractivity contribution >= 4 is 29.3 Å². The number of piperazine rings is 1. The Bertz CT molecular complexity index is 1040. The first-order valence-electron chi connectivity index (χ1n) is 10.4. The summed E-state index contributed by atoms with van der Waals surface area (Å²) < 4.78 is 5.27. The smallest absolute Gasteiger partial charge is 0.255 e. The van der Waals surface area contributed by atoms with E-state index in [2.05, 4.69) is 16.1 Å². The molecule has 5 nitrogen and oxygen atoms in total. The number of rotatable bonds is 6. The Hall–Kier alpha value is -2.28. The molecule has 0 atom stereocenters. The minimum absolute atomic E-state index is 0.101. The lowest BCUT2D eigenvalue weighted by molar-refractivity contribution is 0.0625. The van der Waals surface area contributed by atoms with E-state index in [-0.39, 0.29) is 5.91 Å². The Morgan fingerprint density at radius 2 is 1.87 bits per heavy atom. The summed E-state index contributed by atoms with van der Waals surface area (Å²) in [5.74, 6) is 1.67. The number of halogens is 1. The van der Waals surface area contributed by atoms with Gasteiger partial charge in [-0.1, -0.05) is 41.0 Å². The van der Waals surface area contributed by atoms with Gasteiger partial charge in [0.1, 0.15) is 5.76 Å². The lowest BCUT2D eigenvalue weighted by atomic mass is 10.1. The molecular formula is C24H26ClN3O2S. The normalized spacial score (nSPS) is 14.7. The van der Waals surface area contributed by atoms with Gasteiger partial charge in [0.15, 0.2) is 0 Å². The summed E-state index contributed by atoms with van der Waals surface area (Å²) in [4.78, 5) is 18.6. The second-order valence-electron chi connectivity index (χ2n) is 7.79. The van der Waals surface area contributed by atoms with E-state index in [9.17, 15) is 4.79 Å². The largest absolute Gasteiger partial charge is 0.361 e. The summed E-state index contributed by atoms with van der Waals surface area (Å²) in [6, 6.07) is 15.8. The van der Waals surface area contributed by atoms with E-state index in [0.717, 1.165) is 71.0 Å². The number of benzene rings is 2. The van der Waals surface area contributed by atoms with Gasteiger partial charge in [0.2, 0.25) is 0 Å². The molecule has 3 aromatic rings. The van der Waals surface area contributed by atoms with Crippen LogP contribution in [0.15, 0.2) is 57.9 Å². The lowest BCUT2D eigenvalue weighted by Gasteiger charge is -2.35. The van der Waals surface area contributed by atoms with Gasteiger partial charge in [-0.05, 0) is 43.7 Å². The molecule has 1 aliphatic heterocycles. The third-order valence-corrected chi connectivity index (χ3v) is 6.96. The van der Waals surface area contributed by atoms with Crippen LogP contribution in [0.5, 0.6) is 0 Å². The van der Waals surface area contributed by atoms with Crippen LogP contribution >= 0.6 is 23.4 Å². The van der Waals surface area contributed by atoms with Crippen molar-refractivity contribution in [3.05, 3.63) is 81.7 Å². The van der Waals surface area contributed by atoms with Crippen molar-refractivity contribution in [3.63, 3.8) is 0 Å². The van der Waals surface area contributed by atoms with Crippen molar-refractivity contribution in [1.29, 1.82) is 0 Å². The first-order valence-corrected chi connectivity index (χ1v) is 11.8. The van der Waals surface area contributed by atoms with Crippen molar-refractivity contribution in [2.24, 2.45) is 0 Å². The first-order chi connectivity index (χ1) is 15.0. The number of hydrogen-bond donors (Lipinski definition) is 0. The van der Waals surface area contributed by atoms with Gasteiger partial charge in [-0.3, -0.25) is 9.69 Å². The van der Waals surface area contributed by atoms with Gasteiger partial charge >= 0.3 is 0 Å². The highest BCUT2D eigenvalue weighted by atomic mass is 35.5. The predicted octanol–water partition coefficient (Wildman–Crippen LogP) is 5.20. The fraction of sp³-hybridized carbons (Fsp3) is 0.333. The van der Waals surface area contributed by atoms with Gasteiger partial charge in [0.25, 0.3) is 5.91 Å². The van der Waals surface area contributed by atoms with Gasteiger partial charge in [-0.25, -0.2) is 0 Å². The van der Waals surface area contributed by atoms with E-state index in [1.165, 1.54) is 5.56 Å². The van der Waals surface area contributed by atoms with Crippen LogP contribution in [0.2, 0.25) is 5.02 Å². The molecule has 4 rings (SSSR count). The molecule has 1 saturated heterocycles. The molecule has 7 heteroatoms. The maximum absolute atomic E-state index is 13.3. The van der Waals surface area contributed by atoms with Crippen LogP contribution in [0.1, 0.15) is 32.9 Å². The molecular weight excluding hydrogens is 430 g/mol. The molecule has 1 aliphatic rings. The highest BCUT2D eigenvalue weighted by Crippen LogP contribution is 2.29. The van der Waals surface area contributed by atoms with Crippen LogP contribution in [-0.4, -0.2) is 47.0 Å². The summed E-state index contributed by atoms with van der Waals surface area (Å²) in [5.41, 5.74) is 3.97. The number of carbonyl (C=O) groups is 1. The second-order valence-corrected chi connectivity index (χ2v) is 9.24. The van der Waals surface area contributed by atoms with E-state index >= 15 is 0 Å². The van der Waals surface area contributed by atoms with E-state index in [4.69, 9.17) is 16.1 Å². The molecule has 0 radical (unpaired) electrons. The average molecular weight is 456 g/mol. The standard InChI is InChI=1S/C24H26ClN3O2S/c1-17-22(18(2)30-26-17)16-31-23-9-4-3-8-21(23)24(29)28-12-10-27(11-13-28)15-19-6-5-7-20(25)14-19/h3-9,14H,10-13,15-16H2,1-2H3. The Morgan fingerprint density at radius 3 is 2.58 bits per heavy atom.